The van der Waals surface area contributed by atoms with Crippen LogP contribution in [-0.4, -0.2) is 15.6 Å². The van der Waals surface area contributed by atoms with Gasteiger partial charge in [0.05, 0.1) is 11.1 Å². The number of nitrogens with zero attached hydrogens (tertiary/aromatic N) is 1. The van der Waals surface area contributed by atoms with Gasteiger partial charge in [-0.3, -0.25) is 0 Å². The van der Waals surface area contributed by atoms with E-state index < -0.39 is 5.97 Å². The summed E-state index contributed by atoms with van der Waals surface area (Å²) in [7, 11) is 2.02. The number of hydrogen-bond acceptors (Lipinski definition) is 1. The van der Waals surface area contributed by atoms with Crippen LogP contribution in [0.2, 0.25) is 0 Å². The number of aromatic nitrogens is 1. The molecule has 0 amide bonds. The molecule has 1 heterocycles. The highest BCUT2D eigenvalue weighted by molar-refractivity contribution is 5.97. The number of aromatic carboxylic acids is 1. The molecule has 1 aromatic heterocycles. The molecule has 0 saturated heterocycles. The van der Waals surface area contributed by atoms with Gasteiger partial charge in [0.25, 0.3) is 0 Å². The molecule has 0 aliphatic rings. The first-order chi connectivity index (χ1) is 8.75. The lowest BCUT2D eigenvalue weighted by atomic mass is 9.84. The Morgan fingerprint density at radius 2 is 1.95 bits per heavy atom. The maximum atomic E-state index is 11.3. The lowest BCUT2D eigenvalue weighted by Crippen LogP contribution is -2.14. The van der Waals surface area contributed by atoms with Crippen molar-refractivity contribution in [1.82, 2.24) is 4.57 Å². The third kappa shape index (κ3) is 2.25. The normalized spacial score (nSPS) is 12.1. The number of carbonyl (C=O) groups is 1. The summed E-state index contributed by atoms with van der Waals surface area (Å²) in [5.41, 5.74) is 3.73. The molecular weight excluding hydrogens is 238 g/mol. The molecule has 0 unspecified atom stereocenters. The fraction of sp³-hybridized carbons (Fsp3) is 0.438. The largest absolute Gasteiger partial charge is 0.478 e. The van der Waals surface area contributed by atoms with Crippen molar-refractivity contribution >= 4 is 16.9 Å². The molecular formula is C16H21NO2. The number of carboxylic acids is 1. The van der Waals surface area contributed by atoms with E-state index in [1.54, 1.807) is 6.07 Å². The maximum absolute atomic E-state index is 11.3. The molecule has 0 fully saturated rings. The average molecular weight is 259 g/mol. The minimum absolute atomic E-state index is 0.0825. The molecule has 2 aromatic rings. The van der Waals surface area contributed by atoms with E-state index in [9.17, 15) is 9.90 Å². The van der Waals surface area contributed by atoms with Crippen LogP contribution in [0.15, 0.2) is 18.3 Å². The molecule has 1 aromatic carbocycles. The molecule has 3 heteroatoms. The topological polar surface area (TPSA) is 42.2 Å². The first-order valence-corrected chi connectivity index (χ1v) is 6.61. The smallest absolute Gasteiger partial charge is 0.335 e. The van der Waals surface area contributed by atoms with E-state index in [-0.39, 0.29) is 5.41 Å². The van der Waals surface area contributed by atoms with E-state index >= 15 is 0 Å². The summed E-state index contributed by atoms with van der Waals surface area (Å²) in [6.07, 6.45) is 3.01. The SMILES string of the molecule is CCc1cn(C)c2c(C(C)(C)C)cc(C(=O)O)cc12. The molecule has 0 saturated carbocycles. The molecule has 0 atom stereocenters. The van der Waals surface area contributed by atoms with Crippen molar-refractivity contribution in [3.8, 4) is 0 Å². The molecule has 0 spiro atoms. The fourth-order valence-corrected chi connectivity index (χ4v) is 2.60. The van der Waals surface area contributed by atoms with Gasteiger partial charge in [-0.1, -0.05) is 27.7 Å². The number of carboxylic acid groups (broad SMARTS) is 1. The first kappa shape index (κ1) is 13.7. The zero-order valence-electron chi connectivity index (χ0n) is 12.2. The number of rotatable bonds is 2. The van der Waals surface area contributed by atoms with Crippen molar-refractivity contribution in [1.29, 1.82) is 0 Å². The van der Waals surface area contributed by atoms with Gasteiger partial charge in [-0.2, -0.15) is 0 Å². The number of hydrogen-bond donors (Lipinski definition) is 1. The summed E-state index contributed by atoms with van der Waals surface area (Å²) in [6.45, 7) is 8.45. The first-order valence-electron chi connectivity index (χ1n) is 6.61. The van der Waals surface area contributed by atoms with Crippen molar-refractivity contribution in [2.75, 3.05) is 0 Å². The van der Waals surface area contributed by atoms with Gasteiger partial charge in [0.15, 0.2) is 0 Å². The van der Waals surface area contributed by atoms with Gasteiger partial charge in [0.2, 0.25) is 0 Å². The molecule has 0 aliphatic carbocycles. The van der Waals surface area contributed by atoms with Gasteiger partial charge in [0, 0.05) is 18.6 Å². The Morgan fingerprint density at radius 1 is 1.32 bits per heavy atom. The summed E-state index contributed by atoms with van der Waals surface area (Å²) >= 11 is 0. The Labute approximate surface area is 113 Å². The summed E-state index contributed by atoms with van der Waals surface area (Å²) in [5, 5.41) is 10.4. The standard InChI is InChI=1S/C16H21NO2/c1-6-10-9-17(5)14-12(10)7-11(15(18)19)8-13(14)16(2,3)4/h7-9H,6H2,1-5H3,(H,18,19). The highest BCUT2D eigenvalue weighted by Gasteiger charge is 2.22. The lowest BCUT2D eigenvalue weighted by molar-refractivity contribution is 0.0697. The molecule has 1 N–H and O–H groups in total. The minimum atomic E-state index is -0.863. The van der Waals surface area contributed by atoms with E-state index in [1.165, 1.54) is 5.56 Å². The van der Waals surface area contributed by atoms with Gasteiger partial charge < -0.3 is 9.67 Å². The molecule has 2 rings (SSSR count). The number of aryl methyl sites for hydroxylation is 2. The van der Waals surface area contributed by atoms with Crippen molar-refractivity contribution < 1.29 is 9.90 Å². The van der Waals surface area contributed by atoms with Crippen molar-refractivity contribution in [3.05, 3.63) is 35.0 Å². The molecule has 102 valence electrons. The zero-order chi connectivity index (χ0) is 14.4. The van der Waals surface area contributed by atoms with Crippen LogP contribution in [0.25, 0.3) is 10.9 Å². The van der Waals surface area contributed by atoms with Crippen molar-refractivity contribution in [2.45, 2.75) is 39.5 Å². The van der Waals surface area contributed by atoms with Crippen LogP contribution in [0.3, 0.4) is 0 Å². The second kappa shape index (κ2) is 4.41. The van der Waals surface area contributed by atoms with Crippen LogP contribution in [0.4, 0.5) is 0 Å². The maximum Gasteiger partial charge on any atom is 0.335 e. The summed E-state index contributed by atoms with van der Waals surface area (Å²) in [4.78, 5) is 11.3. The Balaban J connectivity index is 2.92. The summed E-state index contributed by atoms with van der Waals surface area (Å²) in [6, 6.07) is 3.61. The Bertz CT molecular complexity index is 645. The highest BCUT2D eigenvalue weighted by atomic mass is 16.4. The van der Waals surface area contributed by atoms with Crippen LogP contribution in [0.1, 0.15) is 49.2 Å². The Hall–Kier alpha value is -1.77. The van der Waals surface area contributed by atoms with E-state index in [1.807, 2.05) is 13.1 Å². The molecule has 0 radical (unpaired) electrons. The van der Waals surface area contributed by atoms with E-state index in [2.05, 4.69) is 38.5 Å². The molecule has 0 aliphatic heterocycles. The molecule has 19 heavy (non-hydrogen) atoms. The van der Waals surface area contributed by atoms with E-state index in [0.29, 0.717) is 5.56 Å². The fourth-order valence-electron chi connectivity index (χ4n) is 2.60. The zero-order valence-corrected chi connectivity index (χ0v) is 12.2. The minimum Gasteiger partial charge on any atom is -0.478 e. The van der Waals surface area contributed by atoms with Crippen LogP contribution in [0.5, 0.6) is 0 Å². The van der Waals surface area contributed by atoms with Gasteiger partial charge in [-0.05, 0) is 35.1 Å². The van der Waals surface area contributed by atoms with Gasteiger partial charge in [-0.15, -0.1) is 0 Å². The average Bonchev–Trinajstić information content (AvgIpc) is 2.64. The van der Waals surface area contributed by atoms with Crippen LogP contribution in [-0.2, 0) is 18.9 Å². The van der Waals surface area contributed by atoms with Crippen LogP contribution >= 0.6 is 0 Å². The molecule has 0 bridgehead atoms. The molecule has 3 nitrogen and oxygen atoms in total. The van der Waals surface area contributed by atoms with Gasteiger partial charge in [-0.25, -0.2) is 4.79 Å². The summed E-state index contributed by atoms with van der Waals surface area (Å²) in [5.74, 6) is -0.863. The van der Waals surface area contributed by atoms with Gasteiger partial charge in [0.1, 0.15) is 0 Å². The predicted molar refractivity (Wildman–Crippen MR) is 78.0 cm³/mol. The Morgan fingerprint density at radius 3 is 2.42 bits per heavy atom. The van der Waals surface area contributed by atoms with E-state index in [0.717, 1.165) is 22.9 Å². The highest BCUT2D eigenvalue weighted by Crippen LogP contribution is 2.33. The number of fused-ring (bicyclic) bond motifs is 1. The quantitative estimate of drug-likeness (QED) is 0.892. The van der Waals surface area contributed by atoms with E-state index in [4.69, 9.17) is 0 Å². The van der Waals surface area contributed by atoms with Crippen LogP contribution in [0, 0.1) is 0 Å². The van der Waals surface area contributed by atoms with Gasteiger partial charge >= 0.3 is 5.97 Å². The van der Waals surface area contributed by atoms with Crippen molar-refractivity contribution in [2.24, 2.45) is 7.05 Å². The third-order valence-corrected chi connectivity index (χ3v) is 3.59. The second-order valence-corrected chi connectivity index (χ2v) is 6.09. The van der Waals surface area contributed by atoms with Crippen LogP contribution < -0.4 is 0 Å². The van der Waals surface area contributed by atoms with Crippen molar-refractivity contribution in [3.63, 3.8) is 0 Å². The monoisotopic (exact) mass is 259 g/mol. The summed E-state index contributed by atoms with van der Waals surface area (Å²) < 4.78 is 2.11. The predicted octanol–water partition coefficient (Wildman–Crippen LogP) is 3.74. The number of benzene rings is 1. The third-order valence-electron chi connectivity index (χ3n) is 3.59. The lowest BCUT2D eigenvalue weighted by Gasteiger charge is -2.22. The Kier molecular flexibility index (Phi) is 3.17. The second-order valence-electron chi connectivity index (χ2n) is 6.09.